The molecule has 1 unspecified atom stereocenters. The van der Waals surface area contributed by atoms with E-state index in [4.69, 9.17) is 0 Å². The van der Waals surface area contributed by atoms with Gasteiger partial charge in [-0.2, -0.15) is 0 Å². The average Bonchev–Trinajstić information content (AvgIpc) is 2.86. The van der Waals surface area contributed by atoms with Crippen molar-refractivity contribution in [1.29, 1.82) is 0 Å². The van der Waals surface area contributed by atoms with Gasteiger partial charge >= 0.3 is 0 Å². The monoisotopic (exact) mass is 260 g/mol. The van der Waals surface area contributed by atoms with E-state index in [2.05, 4.69) is 32.5 Å². The summed E-state index contributed by atoms with van der Waals surface area (Å²) in [7, 11) is 1.87. The van der Waals surface area contributed by atoms with Gasteiger partial charge < -0.3 is 15.2 Å². The van der Waals surface area contributed by atoms with E-state index in [1.807, 2.05) is 38.0 Å². The van der Waals surface area contributed by atoms with Crippen LogP contribution in [0.1, 0.15) is 18.3 Å². The van der Waals surface area contributed by atoms with Gasteiger partial charge in [-0.05, 0) is 20.8 Å². The Morgan fingerprint density at radius 2 is 2.00 bits per heavy atom. The Bertz CT molecular complexity index is 534. The predicted octanol–water partition coefficient (Wildman–Crippen LogP) is 1.83. The maximum atomic E-state index is 4.46. The third-order valence-corrected chi connectivity index (χ3v) is 2.92. The maximum absolute atomic E-state index is 4.46. The third-order valence-electron chi connectivity index (χ3n) is 2.92. The molecule has 0 aliphatic carbocycles. The molecule has 2 aromatic rings. The molecule has 102 valence electrons. The van der Waals surface area contributed by atoms with Crippen molar-refractivity contribution in [3.8, 4) is 0 Å². The maximum Gasteiger partial charge on any atom is 0.135 e. The highest BCUT2D eigenvalue weighted by Gasteiger charge is 2.10. The highest BCUT2D eigenvalue weighted by molar-refractivity contribution is 5.57. The summed E-state index contributed by atoms with van der Waals surface area (Å²) in [4.78, 5) is 12.9. The van der Waals surface area contributed by atoms with Gasteiger partial charge in [0.15, 0.2) is 0 Å². The molecule has 6 nitrogen and oxygen atoms in total. The minimum Gasteiger partial charge on any atom is -0.373 e. The molecule has 0 saturated heterocycles. The Morgan fingerprint density at radius 1 is 1.26 bits per heavy atom. The summed E-state index contributed by atoms with van der Waals surface area (Å²) in [5, 5.41) is 6.51. The summed E-state index contributed by atoms with van der Waals surface area (Å²) in [5.74, 6) is 2.50. The lowest BCUT2D eigenvalue weighted by Crippen LogP contribution is -2.23. The van der Waals surface area contributed by atoms with Crippen molar-refractivity contribution in [3.63, 3.8) is 0 Å². The van der Waals surface area contributed by atoms with Crippen molar-refractivity contribution in [2.75, 3.05) is 17.7 Å². The normalized spacial score (nSPS) is 12.2. The Kier molecular flexibility index (Phi) is 3.99. The van der Waals surface area contributed by atoms with Gasteiger partial charge in [0.05, 0.1) is 6.33 Å². The van der Waals surface area contributed by atoms with Gasteiger partial charge in [-0.15, -0.1) is 0 Å². The van der Waals surface area contributed by atoms with Gasteiger partial charge in [0.25, 0.3) is 0 Å². The first-order valence-corrected chi connectivity index (χ1v) is 6.35. The molecule has 0 aromatic carbocycles. The molecule has 19 heavy (non-hydrogen) atoms. The van der Waals surface area contributed by atoms with E-state index in [-0.39, 0.29) is 6.04 Å². The van der Waals surface area contributed by atoms with Crippen LogP contribution in [0.3, 0.4) is 0 Å². The zero-order valence-electron chi connectivity index (χ0n) is 11.8. The van der Waals surface area contributed by atoms with Crippen LogP contribution in [-0.2, 0) is 6.54 Å². The summed E-state index contributed by atoms with van der Waals surface area (Å²) in [6, 6.07) is 0.256. The van der Waals surface area contributed by atoms with E-state index in [9.17, 15) is 0 Å². The minimum absolute atomic E-state index is 0.256. The van der Waals surface area contributed by atoms with E-state index >= 15 is 0 Å². The quantitative estimate of drug-likeness (QED) is 0.858. The molecular weight excluding hydrogens is 240 g/mol. The zero-order valence-corrected chi connectivity index (χ0v) is 11.8. The number of anilines is 2. The molecule has 0 fully saturated rings. The molecule has 0 spiro atoms. The Hall–Kier alpha value is -2.11. The van der Waals surface area contributed by atoms with Crippen molar-refractivity contribution in [2.24, 2.45) is 0 Å². The SMILES string of the molecule is CNc1nc(C)nc(NC(C)Cn2ccnc2)c1C. The lowest BCUT2D eigenvalue weighted by Gasteiger charge is -2.18. The molecule has 2 heterocycles. The number of aryl methyl sites for hydroxylation is 1. The van der Waals surface area contributed by atoms with E-state index in [0.29, 0.717) is 0 Å². The van der Waals surface area contributed by atoms with Gasteiger partial charge in [-0.3, -0.25) is 0 Å². The summed E-state index contributed by atoms with van der Waals surface area (Å²) in [6.07, 6.45) is 5.55. The van der Waals surface area contributed by atoms with Gasteiger partial charge in [-0.1, -0.05) is 0 Å². The van der Waals surface area contributed by atoms with Crippen molar-refractivity contribution in [1.82, 2.24) is 19.5 Å². The van der Waals surface area contributed by atoms with Crippen molar-refractivity contribution in [3.05, 3.63) is 30.1 Å². The molecule has 0 aliphatic rings. The molecule has 2 aromatic heterocycles. The van der Waals surface area contributed by atoms with Crippen LogP contribution < -0.4 is 10.6 Å². The summed E-state index contributed by atoms with van der Waals surface area (Å²) in [5.41, 5.74) is 1.03. The molecule has 0 aliphatic heterocycles. The first-order valence-electron chi connectivity index (χ1n) is 6.35. The van der Waals surface area contributed by atoms with Crippen LogP contribution in [0.25, 0.3) is 0 Å². The molecule has 1 atom stereocenters. The second-order valence-corrected chi connectivity index (χ2v) is 4.65. The largest absolute Gasteiger partial charge is 0.373 e. The zero-order chi connectivity index (χ0) is 13.8. The third kappa shape index (κ3) is 3.21. The van der Waals surface area contributed by atoms with Crippen molar-refractivity contribution >= 4 is 11.6 Å². The van der Waals surface area contributed by atoms with E-state index in [1.54, 1.807) is 6.20 Å². The Labute approximate surface area is 113 Å². The number of hydrogen-bond acceptors (Lipinski definition) is 5. The van der Waals surface area contributed by atoms with Crippen LogP contribution in [-0.4, -0.2) is 32.6 Å². The number of rotatable bonds is 5. The fourth-order valence-electron chi connectivity index (χ4n) is 2.00. The first-order chi connectivity index (χ1) is 9.10. The summed E-state index contributed by atoms with van der Waals surface area (Å²) >= 11 is 0. The van der Waals surface area contributed by atoms with Crippen LogP contribution in [0.4, 0.5) is 11.6 Å². The molecule has 0 saturated carbocycles. The van der Waals surface area contributed by atoms with E-state index in [1.165, 1.54) is 0 Å². The standard InChI is InChI=1S/C13H20N6/c1-9(7-19-6-5-15-8-19)16-13-10(2)12(14-4)17-11(3)18-13/h5-6,8-9H,7H2,1-4H3,(H2,14,16,17,18). The second-order valence-electron chi connectivity index (χ2n) is 4.65. The lowest BCUT2D eigenvalue weighted by molar-refractivity contribution is 0.616. The van der Waals surface area contributed by atoms with Crippen LogP contribution >= 0.6 is 0 Å². The molecule has 6 heteroatoms. The summed E-state index contributed by atoms with van der Waals surface area (Å²) in [6.45, 7) is 6.87. The Morgan fingerprint density at radius 3 is 2.63 bits per heavy atom. The highest BCUT2D eigenvalue weighted by Crippen LogP contribution is 2.20. The first kappa shape index (κ1) is 13.3. The average molecular weight is 260 g/mol. The highest BCUT2D eigenvalue weighted by atomic mass is 15.1. The molecule has 2 N–H and O–H groups in total. The van der Waals surface area contributed by atoms with Crippen LogP contribution in [0.2, 0.25) is 0 Å². The van der Waals surface area contributed by atoms with Crippen LogP contribution in [0.5, 0.6) is 0 Å². The van der Waals surface area contributed by atoms with E-state index in [0.717, 1.165) is 29.6 Å². The van der Waals surface area contributed by atoms with E-state index < -0.39 is 0 Å². The molecule has 2 rings (SSSR count). The minimum atomic E-state index is 0.256. The number of hydrogen-bond donors (Lipinski definition) is 2. The molecule has 0 bridgehead atoms. The fraction of sp³-hybridized carbons (Fsp3) is 0.462. The number of aromatic nitrogens is 4. The number of nitrogens with zero attached hydrogens (tertiary/aromatic N) is 4. The predicted molar refractivity (Wildman–Crippen MR) is 76.4 cm³/mol. The molecular formula is C13H20N6. The Balaban J connectivity index is 2.12. The second kappa shape index (κ2) is 5.69. The fourth-order valence-corrected chi connectivity index (χ4v) is 2.00. The number of imidazole rings is 1. The van der Waals surface area contributed by atoms with Gasteiger partial charge in [-0.25, -0.2) is 15.0 Å². The van der Waals surface area contributed by atoms with Crippen molar-refractivity contribution in [2.45, 2.75) is 33.4 Å². The summed E-state index contributed by atoms with van der Waals surface area (Å²) < 4.78 is 2.04. The van der Waals surface area contributed by atoms with Crippen LogP contribution in [0, 0.1) is 13.8 Å². The van der Waals surface area contributed by atoms with Gasteiger partial charge in [0.1, 0.15) is 17.5 Å². The lowest BCUT2D eigenvalue weighted by atomic mass is 10.2. The van der Waals surface area contributed by atoms with Gasteiger partial charge in [0, 0.05) is 37.6 Å². The number of nitrogens with one attached hydrogen (secondary N) is 2. The molecule has 0 amide bonds. The smallest absolute Gasteiger partial charge is 0.135 e. The van der Waals surface area contributed by atoms with Crippen molar-refractivity contribution < 1.29 is 0 Å². The molecule has 0 radical (unpaired) electrons. The van der Waals surface area contributed by atoms with Crippen LogP contribution in [0.15, 0.2) is 18.7 Å². The topological polar surface area (TPSA) is 67.7 Å². The van der Waals surface area contributed by atoms with Gasteiger partial charge in [0.2, 0.25) is 0 Å².